The Labute approximate surface area is 286 Å². The van der Waals surface area contributed by atoms with Gasteiger partial charge in [-0.2, -0.15) is 0 Å². The number of ether oxygens (including phenoxy) is 1. The Morgan fingerprint density at radius 2 is 1.67 bits per heavy atom. The molecule has 6 rings (SSSR count). The fourth-order valence-corrected chi connectivity index (χ4v) is 7.64. The number of hydrogen-bond acceptors (Lipinski definition) is 7. The summed E-state index contributed by atoms with van der Waals surface area (Å²) in [6.45, 7) is 6.89. The van der Waals surface area contributed by atoms with Crippen molar-refractivity contribution in [3.63, 3.8) is 0 Å². The third-order valence-corrected chi connectivity index (χ3v) is 10.9. The molecule has 1 aliphatic carbocycles. The fraction of sp³-hybridized carbons (Fsp3) is 0.289. The number of rotatable bonds is 12. The van der Waals surface area contributed by atoms with Gasteiger partial charge in [-0.05, 0) is 46.5 Å². The molecule has 11 heteroatoms. The summed E-state index contributed by atoms with van der Waals surface area (Å²) in [6.07, 6.45) is 1.74. The minimum absolute atomic E-state index is 0.146. The second-order valence-electron chi connectivity index (χ2n) is 12.9. The largest absolute Gasteiger partial charge is 0.489 e. The Hall–Kier alpha value is -5.00. The van der Waals surface area contributed by atoms with Crippen molar-refractivity contribution in [3.05, 3.63) is 121 Å². The molecule has 0 spiro atoms. The number of nitrogens with zero attached hydrogens (tertiary/aromatic N) is 2. The Bertz CT molecular complexity index is 2000. The van der Waals surface area contributed by atoms with Crippen molar-refractivity contribution in [2.45, 2.75) is 43.0 Å². The second-order valence-corrected chi connectivity index (χ2v) is 14.6. The summed E-state index contributed by atoms with van der Waals surface area (Å²) < 4.78 is 34.8. The Balaban J connectivity index is 1.16. The van der Waals surface area contributed by atoms with Gasteiger partial charge in [0.25, 0.3) is 15.9 Å². The maximum Gasteiger partial charge on any atom is 0.264 e. The van der Waals surface area contributed by atoms with Gasteiger partial charge in [0.15, 0.2) is 0 Å². The molecule has 2 N–H and O–H groups in total. The van der Waals surface area contributed by atoms with Crippen molar-refractivity contribution in [2.75, 3.05) is 20.1 Å². The molecule has 3 amide bonds. The van der Waals surface area contributed by atoms with Crippen molar-refractivity contribution in [1.82, 2.24) is 19.8 Å². The lowest BCUT2D eigenvalue weighted by atomic mass is 10.00. The summed E-state index contributed by atoms with van der Waals surface area (Å²) in [4.78, 5) is 43.7. The van der Waals surface area contributed by atoms with Crippen LogP contribution in [0.1, 0.15) is 24.5 Å². The molecule has 0 unspecified atom stereocenters. The number of fused-ring (bicyclic) bond motifs is 1. The average Bonchev–Trinajstić information content (AvgIpc) is 3.66. The van der Waals surface area contributed by atoms with Gasteiger partial charge in [0.05, 0.1) is 16.9 Å². The summed E-state index contributed by atoms with van der Waals surface area (Å²) in [5.74, 6) is -2.24. The lowest BCUT2D eigenvalue weighted by Crippen LogP contribution is -2.55. The molecule has 4 aromatic carbocycles. The number of amides is 3. The van der Waals surface area contributed by atoms with E-state index in [0.29, 0.717) is 25.4 Å². The van der Waals surface area contributed by atoms with E-state index in [1.165, 1.54) is 25.1 Å². The van der Waals surface area contributed by atoms with Crippen LogP contribution in [-0.4, -0.2) is 67.7 Å². The first-order valence-corrected chi connectivity index (χ1v) is 17.7. The number of hydrogen-bond donors (Lipinski definition) is 2. The summed E-state index contributed by atoms with van der Waals surface area (Å²) >= 11 is 0. The van der Waals surface area contributed by atoms with Gasteiger partial charge in [0, 0.05) is 45.6 Å². The number of likely N-dealkylation sites (N-methyl/N-ethyl adjacent to an activating group) is 1. The van der Waals surface area contributed by atoms with Crippen LogP contribution in [0.25, 0.3) is 10.8 Å². The van der Waals surface area contributed by atoms with Crippen LogP contribution in [0.4, 0.5) is 0 Å². The summed E-state index contributed by atoms with van der Waals surface area (Å²) in [5, 5.41) is 5.14. The normalized spacial score (nSPS) is 21.9. The lowest BCUT2D eigenvalue weighted by molar-refractivity contribution is -0.135. The van der Waals surface area contributed by atoms with Crippen LogP contribution in [0, 0.1) is 11.8 Å². The smallest absolute Gasteiger partial charge is 0.264 e. The zero-order valence-electron chi connectivity index (χ0n) is 27.5. The zero-order valence-corrected chi connectivity index (χ0v) is 28.4. The van der Waals surface area contributed by atoms with E-state index in [-0.39, 0.29) is 23.8 Å². The number of likely N-dealkylation sites (tertiary alicyclic amines) is 1. The molecule has 0 bridgehead atoms. The average molecular weight is 681 g/mol. The van der Waals surface area contributed by atoms with Crippen LogP contribution in [0.15, 0.2) is 115 Å². The minimum Gasteiger partial charge on any atom is -0.489 e. The quantitative estimate of drug-likeness (QED) is 0.214. The highest BCUT2D eigenvalue weighted by Crippen LogP contribution is 2.45. The highest BCUT2D eigenvalue weighted by molar-refractivity contribution is 7.90. The summed E-state index contributed by atoms with van der Waals surface area (Å²) in [5.41, 5.74) is 0.508. The second kappa shape index (κ2) is 13.9. The molecule has 49 heavy (non-hydrogen) atoms. The predicted octanol–water partition coefficient (Wildman–Crippen LogP) is 4.26. The minimum atomic E-state index is -4.32. The molecule has 0 aromatic heterocycles. The van der Waals surface area contributed by atoms with Gasteiger partial charge in [-0.1, -0.05) is 78.9 Å². The van der Waals surface area contributed by atoms with Gasteiger partial charge in [0.2, 0.25) is 11.8 Å². The molecule has 1 saturated heterocycles. The van der Waals surface area contributed by atoms with E-state index in [1.54, 1.807) is 24.1 Å². The monoisotopic (exact) mass is 680 g/mol. The molecular weight excluding hydrogens is 641 g/mol. The molecule has 2 fully saturated rings. The van der Waals surface area contributed by atoms with Crippen molar-refractivity contribution in [1.29, 1.82) is 0 Å². The third kappa shape index (κ3) is 7.38. The molecule has 10 nitrogen and oxygen atoms in total. The Kier molecular flexibility index (Phi) is 9.58. The predicted molar refractivity (Wildman–Crippen MR) is 187 cm³/mol. The summed E-state index contributed by atoms with van der Waals surface area (Å²) in [7, 11) is -2.65. The number of carbonyl (C=O) groups is 3. The van der Waals surface area contributed by atoms with Crippen molar-refractivity contribution >= 4 is 38.5 Å². The van der Waals surface area contributed by atoms with Crippen LogP contribution < -0.4 is 14.8 Å². The topological polar surface area (TPSA) is 125 Å². The van der Waals surface area contributed by atoms with Gasteiger partial charge in [-0.25, -0.2) is 13.1 Å². The van der Waals surface area contributed by atoms with Gasteiger partial charge in [-0.15, -0.1) is 6.58 Å². The van der Waals surface area contributed by atoms with E-state index in [1.807, 2.05) is 42.5 Å². The van der Waals surface area contributed by atoms with Gasteiger partial charge in [0.1, 0.15) is 17.9 Å². The van der Waals surface area contributed by atoms with Crippen LogP contribution in [0.5, 0.6) is 5.75 Å². The first-order valence-electron chi connectivity index (χ1n) is 16.2. The van der Waals surface area contributed by atoms with Crippen molar-refractivity contribution in [3.8, 4) is 5.75 Å². The zero-order chi connectivity index (χ0) is 34.8. The Morgan fingerprint density at radius 3 is 2.39 bits per heavy atom. The van der Waals surface area contributed by atoms with E-state index in [9.17, 15) is 22.8 Å². The van der Waals surface area contributed by atoms with E-state index in [2.05, 4.69) is 51.8 Å². The molecule has 1 heterocycles. The molecular formula is C38H40N4O6S. The third-order valence-electron chi connectivity index (χ3n) is 9.56. The summed E-state index contributed by atoms with van der Waals surface area (Å²) in [6, 6.07) is 29.3. The van der Waals surface area contributed by atoms with Gasteiger partial charge in [-0.3, -0.25) is 19.3 Å². The molecule has 254 valence electrons. The van der Waals surface area contributed by atoms with Crippen molar-refractivity contribution in [2.24, 2.45) is 11.8 Å². The number of carbonyl (C=O) groups excluding carboxylic acids is 3. The standard InChI is InChI=1S/C38H40N4O6S/c1-4-31-21-38(31,37(45)40-49(46,47)33-16-10-15-32(20-33)48-25-27-11-6-5-7-12-27)39-36(44)34-23-42(24-35(34)41(3)26(2)43)22-28-17-18-29-13-8-9-14-30(29)19-28/h4-20,31,34-35H,1,21-25H2,2-3H3,(H,39,44)(H,40,45)/t31-,34-,35+,38-/m1/s1. The SMILES string of the molecule is C=C[C@@H]1C[C@]1(NC(=O)[C@@H]1CN(Cc2ccc3ccccc3c2)C[C@@H]1N(C)C(C)=O)C(=O)NS(=O)(=O)c1cccc(OCc2ccccc2)c1. The van der Waals surface area contributed by atoms with Crippen LogP contribution in [0.2, 0.25) is 0 Å². The van der Waals surface area contributed by atoms with Gasteiger partial charge < -0.3 is 15.0 Å². The number of benzene rings is 4. The molecule has 1 saturated carbocycles. The highest BCUT2D eigenvalue weighted by Gasteiger charge is 2.61. The Morgan fingerprint density at radius 1 is 0.939 bits per heavy atom. The first kappa shape index (κ1) is 33.9. The highest BCUT2D eigenvalue weighted by atomic mass is 32.2. The van der Waals surface area contributed by atoms with E-state index in [0.717, 1.165) is 21.9 Å². The lowest BCUT2D eigenvalue weighted by Gasteiger charge is -2.29. The first-order chi connectivity index (χ1) is 23.5. The molecule has 4 atom stereocenters. The molecule has 4 aromatic rings. The van der Waals surface area contributed by atoms with E-state index in [4.69, 9.17) is 4.74 Å². The van der Waals surface area contributed by atoms with Crippen LogP contribution in [-0.2, 0) is 37.6 Å². The molecule has 1 aliphatic heterocycles. The maximum absolute atomic E-state index is 14.0. The van der Waals surface area contributed by atoms with E-state index >= 15 is 0 Å². The maximum atomic E-state index is 14.0. The van der Waals surface area contributed by atoms with Gasteiger partial charge >= 0.3 is 0 Å². The van der Waals surface area contributed by atoms with E-state index < -0.39 is 45.3 Å². The van der Waals surface area contributed by atoms with Crippen molar-refractivity contribution < 1.29 is 27.5 Å². The number of sulfonamides is 1. The number of nitrogens with one attached hydrogen (secondary N) is 2. The molecule has 0 radical (unpaired) electrons. The molecule has 2 aliphatic rings. The van der Waals surface area contributed by atoms with Crippen LogP contribution in [0.3, 0.4) is 0 Å². The van der Waals surface area contributed by atoms with Crippen LogP contribution >= 0.6 is 0 Å². The fourth-order valence-electron chi connectivity index (χ4n) is 6.56.